The number of nitrogens with zero attached hydrogens (tertiary/aromatic N) is 2. The van der Waals surface area contributed by atoms with E-state index in [1.54, 1.807) is 6.07 Å². The molecule has 0 spiro atoms. The summed E-state index contributed by atoms with van der Waals surface area (Å²) >= 11 is 5.88. The highest BCUT2D eigenvalue weighted by molar-refractivity contribution is 7.88. The van der Waals surface area contributed by atoms with E-state index >= 15 is 0 Å². The van der Waals surface area contributed by atoms with Crippen LogP contribution in [0.3, 0.4) is 0 Å². The first kappa shape index (κ1) is 16.7. The fourth-order valence-electron chi connectivity index (χ4n) is 2.71. The van der Waals surface area contributed by atoms with Crippen LogP contribution in [-0.4, -0.2) is 50.6 Å². The predicted octanol–water partition coefficient (Wildman–Crippen LogP) is 2.19. The van der Waals surface area contributed by atoms with Gasteiger partial charge in [0.25, 0.3) is 0 Å². The van der Waals surface area contributed by atoms with Crippen LogP contribution >= 0.6 is 11.6 Å². The van der Waals surface area contributed by atoms with E-state index < -0.39 is 10.0 Å². The molecule has 0 bridgehead atoms. The van der Waals surface area contributed by atoms with Crippen LogP contribution in [0.15, 0.2) is 18.2 Å². The Balaban J connectivity index is 1.91. The van der Waals surface area contributed by atoms with Crippen LogP contribution < -0.4 is 0 Å². The SMILES string of the molecule is CN(Cc1cc(Cl)ccc1F)C[C@@H]1CCN(S(C)(=O)=O)C1. The van der Waals surface area contributed by atoms with E-state index in [1.165, 1.54) is 22.7 Å². The summed E-state index contributed by atoms with van der Waals surface area (Å²) in [6.45, 7) is 2.31. The van der Waals surface area contributed by atoms with Gasteiger partial charge in [0.15, 0.2) is 0 Å². The highest BCUT2D eigenvalue weighted by Gasteiger charge is 2.29. The first-order valence-corrected chi connectivity index (χ1v) is 9.06. The molecule has 4 nitrogen and oxygen atoms in total. The Hall–Kier alpha value is -0.690. The van der Waals surface area contributed by atoms with Crippen molar-refractivity contribution in [1.29, 1.82) is 0 Å². The van der Waals surface area contributed by atoms with Crippen molar-refractivity contribution in [3.05, 3.63) is 34.6 Å². The van der Waals surface area contributed by atoms with E-state index in [0.29, 0.717) is 30.2 Å². The number of sulfonamides is 1. The molecule has 0 aromatic heterocycles. The molecule has 1 heterocycles. The van der Waals surface area contributed by atoms with Crippen molar-refractivity contribution >= 4 is 21.6 Å². The van der Waals surface area contributed by atoms with Gasteiger partial charge in [-0.2, -0.15) is 0 Å². The third kappa shape index (κ3) is 4.64. The lowest BCUT2D eigenvalue weighted by Gasteiger charge is -2.21. The summed E-state index contributed by atoms with van der Waals surface area (Å²) in [4.78, 5) is 2.01. The minimum atomic E-state index is -3.11. The van der Waals surface area contributed by atoms with Crippen molar-refractivity contribution in [2.24, 2.45) is 5.92 Å². The van der Waals surface area contributed by atoms with Crippen LogP contribution in [0.25, 0.3) is 0 Å². The summed E-state index contributed by atoms with van der Waals surface area (Å²) in [5.41, 5.74) is 0.558. The van der Waals surface area contributed by atoms with Crippen molar-refractivity contribution in [3.8, 4) is 0 Å². The highest BCUT2D eigenvalue weighted by atomic mass is 35.5. The van der Waals surface area contributed by atoms with Gasteiger partial charge < -0.3 is 4.90 Å². The number of rotatable bonds is 5. The van der Waals surface area contributed by atoms with E-state index in [1.807, 2.05) is 11.9 Å². The molecule has 0 amide bonds. The molecule has 1 aromatic carbocycles. The Labute approximate surface area is 130 Å². The van der Waals surface area contributed by atoms with E-state index in [4.69, 9.17) is 11.6 Å². The molecule has 0 saturated carbocycles. The molecular formula is C14H20ClFN2O2S. The van der Waals surface area contributed by atoms with Gasteiger partial charge in [0.05, 0.1) is 6.26 Å². The minimum Gasteiger partial charge on any atom is -0.302 e. The molecule has 0 radical (unpaired) electrons. The Kier molecular flexibility index (Phi) is 5.24. The molecule has 21 heavy (non-hydrogen) atoms. The number of hydrogen-bond acceptors (Lipinski definition) is 3. The second kappa shape index (κ2) is 6.60. The quantitative estimate of drug-likeness (QED) is 0.829. The first-order chi connectivity index (χ1) is 9.75. The molecule has 1 fully saturated rings. The zero-order chi connectivity index (χ0) is 15.6. The van der Waals surface area contributed by atoms with Crippen LogP contribution in [0, 0.1) is 11.7 Å². The molecule has 0 N–H and O–H groups in total. The molecule has 0 unspecified atom stereocenters. The van der Waals surface area contributed by atoms with E-state index in [9.17, 15) is 12.8 Å². The number of halogens is 2. The maximum absolute atomic E-state index is 13.7. The van der Waals surface area contributed by atoms with E-state index in [2.05, 4.69) is 0 Å². The van der Waals surface area contributed by atoms with Gasteiger partial charge in [-0.15, -0.1) is 0 Å². The standard InChI is InChI=1S/C14H20ClFN2O2S/c1-17(10-12-7-13(15)3-4-14(12)16)8-11-5-6-18(9-11)21(2,19)20/h3-4,7,11H,5-6,8-10H2,1-2H3/t11-/m0/s1. The molecule has 1 atom stereocenters. The third-order valence-electron chi connectivity index (χ3n) is 3.74. The molecular weight excluding hydrogens is 315 g/mol. The maximum atomic E-state index is 13.7. The lowest BCUT2D eigenvalue weighted by Crippen LogP contribution is -2.31. The molecule has 1 aliphatic heterocycles. The summed E-state index contributed by atoms with van der Waals surface area (Å²) < 4.78 is 38.2. The monoisotopic (exact) mass is 334 g/mol. The van der Waals surface area contributed by atoms with Crippen LogP contribution in [0.5, 0.6) is 0 Å². The zero-order valence-corrected chi connectivity index (χ0v) is 13.8. The lowest BCUT2D eigenvalue weighted by molar-refractivity contribution is 0.270. The average Bonchev–Trinajstić information content (AvgIpc) is 2.82. The maximum Gasteiger partial charge on any atom is 0.211 e. The number of hydrogen-bond donors (Lipinski definition) is 0. The van der Waals surface area contributed by atoms with Gasteiger partial charge in [-0.1, -0.05) is 11.6 Å². The smallest absolute Gasteiger partial charge is 0.211 e. The minimum absolute atomic E-state index is 0.268. The number of benzene rings is 1. The van der Waals surface area contributed by atoms with Crippen molar-refractivity contribution < 1.29 is 12.8 Å². The Morgan fingerprint density at radius 2 is 2.19 bits per heavy atom. The van der Waals surface area contributed by atoms with Gasteiger partial charge >= 0.3 is 0 Å². The third-order valence-corrected chi connectivity index (χ3v) is 5.24. The van der Waals surface area contributed by atoms with Crippen LogP contribution in [0.2, 0.25) is 5.02 Å². The highest BCUT2D eigenvalue weighted by Crippen LogP contribution is 2.21. The summed E-state index contributed by atoms with van der Waals surface area (Å²) in [5, 5.41) is 0.518. The fourth-order valence-corrected chi connectivity index (χ4v) is 3.82. The van der Waals surface area contributed by atoms with E-state index in [-0.39, 0.29) is 11.7 Å². The molecule has 2 rings (SSSR count). The van der Waals surface area contributed by atoms with Crippen molar-refractivity contribution in [3.63, 3.8) is 0 Å². The summed E-state index contributed by atoms with van der Waals surface area (Å²) in [6, 6.07) is 4.53. The second-order valence-electron chi connectivity index (χ2n) is 5.71. The molecule has 1 aromatic rings. The van der Waals surface area contributed by atoms with Crippen molar-refractivity contribution in [2.45, 2.75) is 13.0 Å². The van der Waals surface area contributed by atoms with Crippen molar-refractivity contribution in [2.75, 3.05) is 32.9 Å². The van der Waals surface area contributed by atoms with Crippen LogP contribution in [-0.2, 0) is 16.6 Å². The Bertz CT molecular complexity index is 609. The predicted molar refractivity (Wildman–Crippen MR) is 82.3 cm³/mol. The second-order valence-corrected chi connectivity index (χ2v) is 8.13. The largest absolute Gasteiger partial charge is 0.302 e. The zero-order valence-electron chi connectivity index (χ0n) is 12.2. The summed E-state index contributed by atoms with van der Waals surface area (Å²) in [7, 11) is -1.20. The summed E-state index contributed by atoms with van der Waals surface area (Å²) in [6.07, 6.45) is 2.08. The first-order valence-electron chi connectivity index (χ1n) is 6.83. The van der Waals surface area contributed by atoms with Gasteiger partial charge in [-0.05, 0) is 37.6 Å². The van der Waals surface area contributed by atoms with Crippen LogP contribution in [0.4, 0.5) is 4.39 Å². The topological polar surface area (TPSA) is 40.6 Å². The average molecular weight is 335 g/mol. The molecule has 1 aliphatic rings. The van der Waals surface area contributed by atoms with Gasteiger partial charge in [0, 0.05) is 36.8 Å². The van der Waals surface area contributed by atoms with Gasteiger partial charge in [0.2, 0.25) is 10.0 Å². The molecule has 0 aliphatic carbocycles. The van der Waals surface area contributed by atoms with E-state index in [0.717, 1.165) is 13.0 Å². The van der Waals surface area contributed by atoms with Gasteiger partial charge in [0.1, 0.15) is 5.82 Å². The van der Waals surface area contributed by atoms with Crippen LogP contribution in [0.1, 0.15) is 12.0 Å². The van der Waals surface area contributed by atoms with Gasteiger partial charge in [-0.25, -0.2) is 17.1 Å². The molecule has 1 saturated heterocycles. The summed E-state index contributed by atoms with van der Waals surface area (Å²) in [5.74, 6) is 0.0161. The Morgan fingerprint density at radius 1 is 1.48 bits per heavy atom. The normalized spacial score (nSPS) is 20.3. The lowest BCUT2D eigenvalue weighted by atomic mass is 10.1. The van der Waals surface area contributed by atoms with Crippen molar-refractivity contribution in [1.82, 2.24) is 9.21 Å². The molecule has 118 valence electrons. The fraction of sp³-hybridized carbons (Fsp3) is 0.571. The Morgan fingerprint density at radius 3 is 2.81 bits per heavy atom. The van der Waals surface area contributed by atoms with Gasteiger partial charge in [-0.3, -0.25) is 0 Å². The molecule has 7 heteroatoms.